The molecule has 0 amide bonds. The zero-order valence-corrected chi connectivity index (χ0v) is 4.65. The van der Waals surface area contributed by atoms with Crippen LogP contribution in [0.3, 0.4) is 0 Å². The molecule has 3 nitrogen and oxygen atoms in total. The van der Waals surface area contributed by atoms with Crippen LogP contribution in [0.2, 0.25) is 1.41 Å². The van der Waals surface area contributed by atoms with Crippen molar-refractivity contribution < 1.29 is 1.41 Å². The first-order valence-electron chi connectivity index (χ1n) is 3.10. The normalized spacial score (nSPS) is 11.8. The van der Waals surface area contributed by atoms with E-state index >= 15 is 0 Å². The van der Waals surface area contributed by atoms with Gasteiger partial charge in [0.15, 0.2) is 7.06 Å². The number of aromatic amines is 1. The third kappa shape index (κ3) is 0.579. The highest BCUT2D eigenvalue weighted by Crippen LogP contribution is 2.01. The molecule has 0 fully saturated rings. The molecule has 2 aromatic rings. The number of nitrogens with one attached hydrogen (secondary N) is 1. The van der Waals surface area contributed by atoms with Crippen LogP contribution in [-0.4, -0.2) is 14.9 Å². The summed E-state index contributed by atoms with van der Waals surface area (Å²) in [5.74, 6) is 0. The Balaban J connectivity index is 2.93. The fraction of sp³-hybridized carbons (Fsp3) is 0. The van der Waals surface area contributed by atoms with Crippen LogP contribution in [-0.2, 0) is 0 Å². The highest BCUT2D eigenvalue weighted by Gasteiger charge is 1.90. The molecule has 2 aromatic heterocycles. The summed E-state index contributed by atoms with van der Waals surface area (Å²) in [4.78, 5) is 9.03. The maximum Gasteiger partial charge on any atom is 0.169 e. The molecule has 0 saturated carbocycles. The van der Waals surface area contributed by atoms with Gasteiger partial charge in [-0.1, -0.05) is 0 Å². The molecule has 2 rings (SSSR count). The zero-order valence-electron chi connectivity index (χ0n) is 5.65. The molecule has 0 bridgehead atoms. The average Bonchev–Trinajstić information content (AvgIpc) is 2.34. The lowest BCUT2D eigenvalue weighted by Crippen LogP contribution is -1.71. The van der Waals surface area contributed by atoms with Crippen LogP contribution in [0.15, 0.2) is 24.7 Å². The molecule has 1 N–H and O–H groups in total. The molecule has 0 aromatic carbocycles. The van der Waals surface area contributed by atoms with E-state index < -0.39 is 0 Å². The molecule has 0 spiro atoms. The Morgan fingerprint density at radius 3 is 3.44 bits per heavy atom. The minimum Gasteiger partial charge on any atom is -0.329 e. The number of fused-ring (bicyclic) bond motifs is 1. The molecule has 0 unspecified atom stereocenters. The van der Waals surface area contributed by atoms with E-state index in [0.29, 0.717) is 5.65 Å². The smallest absolute Gasteiger partial charge is 0.169 e. The fourth-order valence-electron chi connectivity index (χ4n) is 0.734. The van der Waals surface area contributed by atoms with Crippen LogP contribution >= 0.6 is 0 Å². The molecule has 2 heterocycles. The summed E-state index contributed by atoms with van der Waals surface area (Å²) < 4.78 is 7.24. The number of imidazole rings is 1. The monoisotopic (exact) mass is 121 g/mol. The van der Waals surface area contributed by atoms with E-state index in [9.17, 15) is 0 Å². The average molecular weight is 121 g/mol. The number of hydrogen-bond donors (Lipinski definition) is 1. The van der Waals surface area contributed by atoms with E-state index in [1.807, 2.05) is 6.07 Å². The molecule has 0 atom stereocenters. The molecule has 0 saturated heterocycles. The number of nitrogens with zero attached hydrogens (tertiary/aromatic N) is 2. The van der Waals surface area contributed by atoms with Crippen molar-refractivity contribution in [1.29, 1.82) is 0 Å². The molecule has 3 heteroatoms. The van der Waals surface area contributed by atoms with Gasteiger partial charge in [-0.15, -0.1) is 0 Å². The van der Waals surface area contributed by atoms with Gasteiger partial charge in [-0.3, -0.25) is 0 Å². The lowest BCUT2D eigenvalue weighted by molar-refractivity contribution is 1.30. The lowest BCUT2D eigenvalue weighted by atomic mass is 10.4. The maximum atomic E-state index is 7.24. The zero-order chi connectivity index (χ0) is 6.97. The van der Waals surface area contributed by atoms with Gasteiger partial charge in [0.05, 0.1) is 6.33 Å². The summed E-state index contributed by atoms with van der Waals surface area (Å²) >= 11 is 0. The van der Waals surface area contributed by atoms with Crippen molar-refractivity contribution >= 4 is 11.2 Å². The van der Waals surface area contributed by atoms with Crippen LogP contribution in [0.5, 0.6) is 0 Å². The van der Waals surface area contributed by atoms with Crippen LogP contribution < -0.4 is 0 Å². The number of hydrogen-bond acceptors (Lipinski definition) is 2. The van der Waals surface area contributed by atoms with Gasteiger partial charge in [-0.2, -0.15) is 0 Å². The van der Waals surface area contributed by atoms with Crippen molar-refractivity contribution in [2.24, 2.45) is 0 Å². The quantitative estimate of drug-likeness (QED) is 0.564. The Bertz CT molecular complexity index is 355. The van der Waals surface area contributed by atoms with Gasteiger partial charge in [-0.05, 0) is 12.1 Å². The second-order valence-electron chi connectivity index (χ2n) is 1.72. The Morgan fingerprint density at radius 2 is 2.56 bits per heavy atom. The second kappa shape index (κ2) is 1.55. The molecular formula is C6H5N3. The fourth-order valence-corrected chi connectivity index (χ4v) is 0.734. The minimum absolute atomic E-state index is 0.600. The van der Waals surface area contributed by atoms with E-state index in [-0.39, 0.29) is 0 Å². The van der Waals surface area contributed by atoms with Crippen molar-refractivity contribution in [3.63, 3.8) is 0 Å². The van der Waals surface area contributed by atoms with Crippen molar-refractivity contribution in [2.75, 3.05) is 0 Å². The molecule has 0 aliphatic carbocycles. The van der Waals surface area contributed by atoms with E-state index in [2.05, 4.69) is 9.97 Å². The summed E-state index contributed by atoms with van der Waals surface area (Å²) in [6.45, 7) is 0. The molecule has 44 valence electrons. The Kier molecular flexibility index (Phi) is 0.621. The van der Waals surface area contributed by atoms with Crippen LogP contribution in [0.4, 0.5) is 0 Å². The Hall–Kier alpha value is -1.38. The topological polar surface area (TPSA) is 41.6 Å². The summed E-state index contributed by atoms with van der Waals surface area (Å²) in [5.41, 5.74) is 1.36. The molecule has 0 radical (unpaired) electrons. The van der Waals surface area contributed by atoms with Crippen molar-refractivity contribution in [3.8, 4) is 0 Å². The van der Waals surface area contributed by atoms with Gasteiger partial charge in [0.25, 0.3) is 0 Å². The second-order valence-corrected chi connectivity index (χ2v) is 1.72. The van der Waals surface area contributed by atoms with Crippen LogP contribution in [0.1, 0.15) is 0 Å². The largest absolute Gasteiger partial charge is 0.329 e. The standard InChI is InChI=1S/C6H5N3/c1-2-5-6(7-3-1)9-4-8-5/h1-4H,(H,7,8,9)/i/hT. The van der Waals surface area contributed by atoms with Gasteiger partial charge in [0.1, 0.15) is 5.52 Å². The van der Waals surface area contributed by atoms with Crippen molar-refractivity contribution in [2.45, 2.75) is 0 Å². The van der Waals surface area contributed by atoms with Gasteiger partial charge in [0.2, 0.25) is 0 Å². The predicted octanol–water partition coefficient (Wildman–Crippen LogP) is 0.958. The molecule has 0 aliphatic heterocycles. The molecule has 9 heavy (non-hydrogen) atoms. The third-order valence-corrected chi connectivity index (χ3v) is 1.14. The van der Waals surface area contributed by atoms with E-state index in [4.69, 9.17) is 1.41 Å². The van der Waals surface area contributed by atoms with Gasteiger partial charge >= 0.3 is 0 Å². The summed E-state index contributed by atoms with van der Waals surface area (Å²) in [5, 5.41) is 0. The van der Waals surface area contributed by atoms with E-state index in [1.54, 1.807) is 12.3 Å². The summed E-state index contributed by atoms with van der Waals surface area (Å²) in [7, 11) is 0. The number of rotatable bonds is 0. The lowest BCUT2D eigenvalue weighted by Gasteiger charge is -1.80. The van der Waals surface area contributed by atoms with E-state index in [0.717, 1.165) is 10.5 Å². The first-order chi connectivity index (χ1) is 4.88. The number of H-pyrrole nitrogens is 1. The predicted molar refractivity (Wildman–Crippen MR) is 33.9 cm³/mol. The minimum atomic E-state index is 0.600. The number of pyridine rings is 1. The first-order valence-corrected chi connectivity index (χ1v) is 2.65. The van der Waals surface area contributed by atoms with Crippen LogP contribution in [0, 0.1) is 0 Å². The van der Waals surface area contributed by atoms with Gasteiger partial charge in [0, 0.05) is 6.20 Å². The van der Waals surface area contributed by atoms with Crippen molar-refractivity contribution in [1.82, 2.24) is 14.9 Å². The third-order valence-electron chi connectivity index (χ3n) is 1.14. The Labute approximate surface area is 53.2 Å². The maximum absolute atomic E-state index is 7.24. The molecule has 0 aliphatic rings. The van der Waals surface area contributed by atoms with Crippen LogP contribution in [0.25, 0.3) is 11.2 Å². The summed E-state index contributed by atoms with van der Waals surface area (Å²) in [6, 6.07) is 3.63. The highest BCUT2D eigenvalue weighted by atomic mass is 14.9. The van der Waals surface area contributed by atoms with Gasteiger partial charge < -0.3 is 4.98 Å². The first kappa shape index (κ1) is 3.61. The SMILES string of the molecule is [3H]n1cnc2cccnc21. The van der Waals surface area contributed by atoms with Gasteiger partial charge in [-0.25, -0.2) is 9.97 Å². The van der Waals surface area contributed by atoms with Crippen molar-refractivity contribution in [3.05, 3.63) is 24.7 Å². The number of aromatic nitrogens is 3. The Morgan fingerprint density at radius 1 is 1.56 bits per heavy atom. The van der Waals surface area contributed by atoms with E-state index in [1.165, 1.54) is 6.33 Å². The highest BCUT2D eigenvalue weighted by molar-refractivity contribution is 5.68. The molecular weight excluding hydrogens is 114 g/mol. The summed E-state index contributed by atoms with van der Waals surface area (Å²) in [6.07, 6.45) is 3.08.